The van der Waals surface area contributed by atoms with Crippen LogP contribution in [0.3, 0.4) is 0 Å². The molecular weight excluding hydrogens is 512 g/mol. The minimum absolute atomic E-state index is 0.0758. The molecule has 0 spiro atoms. The number of rotatable bonds is 7. The molecule has 0 saturated heterocycles. The minimum Gasteiger partial charge on any atom is -0.445 e. The van der Waals surface area contributed by atoms with Gasteiger partial charge in [-0.2, -0.15) is 26.3 Å². The normalized spacial score (nSPS) is 19.8. The van der Waals surface area contributed by atoms with E-state index in [1.54, 1.807) is 12.1 Å². The van der Waals surface area contributed by atoms with Crippen LogP contribution in [-0.2, 0) is 35.0 Å². The number of alkyl halides is 6. The van der Waals surface area contributed by atoms with E-state index in [9.17, 15) is 31.1 Å². The van der Waals surface area contributed by atoms with Gasteiger partial charge < -0.3 is 14.8 Å². The van der Waals surface area contributed by atoms with E-state index in [4.69, 9.17) is 9.47 Å². The van der Waals surface area contributed by atoms with Gasteiger partial charge in [0.2, 0.25) is 0 Å². The van der Waals surface area contributed by atoms with Crippen LogP contribution in [0.5, 0.6) is 0 Å². The van der Waals surface area contributed by atoms with Gasteiger partial charge in [-0.1, -0.05) is 60.7 Å². The molecule has 3 atom stereocenters. The van der Waals surface area contributed by atoms with Crippen molar-refractivity contribution in [1.29, 1.82) is 0 Å². The minimum atomic E-state index is -4.94. The second kappa shape index (κ2) is 11.5. The molecule has 1 aliphatic carbocycles. The molecule has 1 saturated carbocycles. The summed E-state index contributed by atoms with van der Waals surface area (Å²) in [4.78, 5) is 12.5. The average molecular weight is 538 g/mol. The van der Waals surface area contributed by atoms with E-state index >= 15 is 0 Å². The summed E-state index contributed by atoms with van der Waals surface area (Å²) < 4.78 is 90.7. The standard InChI is InChI=1S/C28H25F6NO3/c29-27(30,31)21-13-19(14-22(15-21)28(32,33)34)17-37-24-12-11-23(25(24)20-9-5-2-6-10-20)35-26(36)38-16-18-7-3-1-4-8-18/h1-10,13-15,23-25H,11-12,16-17H2,(H,35,36)/t23-,24-,25+/m0/s1. The second-order valence-corrected chi connectivity index (χ2v) is 9.09. The zero-order valence-corrected chi connectivity index (χ0v) is 20.1. The van der Waals surface area contributed by atoms with Crippen molar-refractivity contribution in [1.82, 2.24) is 5.32 Å². The Balaban J connectivity index is 1.48. The van der Waals surface area contributed by atoms with Crippen molar-refractivity contribution in [3.05, 3.63) is 107 Å². The first kappa shape index (κ1) is 27.5. The van der Waals surface area contributed by atoms with Crippen LogP contribution in [0.25, 0.3) is 0 Å². The number of carbonyl (C=O) groups is 1. The highest BCUT2D eigenvalue weighted by atomic mass is 19.4. The molecule has 10 heteroatoms. The molecule has 1 amide bonds. The quantitative estimate of drug-likeness (QED) is 0.318. The number of nitrogens with one attached hydrogen (secondary N) is 1. The smallest absolute Gasteiger partial charge is 0.416 e. The van der Waals surface area contributed by atoms with Crippen LogP contribution in [0.1, 0.15) is 46.6 Å². The van der Waals surface area contributed by atoms with Gasteiger partial charge in [0.25, 0.3) is 0 Å². The number of alkyl carbamates (subject to hydrolysis) is 1. The third-order valence-corrected chi connectivity index (χ3v) is 6.41. The van der Waals surface area contributed by atoms with Gasteiger partial charge >= 0.3 is 18.4 Å². The van der Waals surface area contributed by atoms with Gasteiger partial charge in [0.1, 0.15) is 6.61 Å². The fourth-order valence-corrected chi connectivity index (χ4v) is 4.66. The number of hydrogen-bond donors (Lipinski definition) is 1. The highest BCUT2D eigenvalue weighted by Gasteiger charge is 2.40. The molecule has 4 nitrogen and oxygen atoms in total. The lowest BCUT2D eigenvalue weighted by molar-refractivity contribution is -0.143. The summed E-state index contributed by atoms with van der Waals surface area (Å²) in [6.45, 7) is -0.376. The average Bonchev–Trinajstić information content (AvgIpc) is 3.28. The van der Waals surface area contributed by atoms with E-state index in [1.165, 1.54) is 0 Å². The molecule has 0 aromatic heterocycles. The fraction of sp³-hybridized carbons (Fsp3) is 0.321. The number of ether oxygens (including phenoxy) is 2. The SMILES string of the molecule is O=C(N[C@H]1CC[C@H](OCc2cc(C(F)(F)F)cc(C(F)(F)F)c2)[C@@H]1c1ccccc1)OCc1ccccc1. The third kappa shape index (κ3) is 7.06. The van der Waals surface area contributed by atoms with Gasteiger partial charge in [-0.25, -0.2) is 4.79 Å². The third-order valence-electron chi connectivity index (χ3n) is 6.41. The van der Waals surface area contributed by atoms with Crippen molar-refractivity contribution in [3.8, 4) is 0 Å². The summed E-state index contributed by atoms with van der Waals surface area (Å²) in [5.41, 5.74) is -1.38. The molecule has 38 heavy (non-hydrogen) atoms. The van der Waals surface area contributed by atoms with E-state index in [0.717, 1.165) is 11.1 Å². The van der Waals surface area contributed by atoms with Crippen LogP contribution in [0.15, 0.2) is 78.9 Å². The zero-order chi connectivity index (χ0) is 27.3. The highest BCUT2D eigenvalue weighted by molar-refractivity contribution is 5.68. The van der Waals surface area contributed by atoms with Crippen molar-refractivity contribution >= 4 is 6.09 Å². The second-order valence-electron chi connectivity index (χ2n) is 9.09. The summed E-state index contributed by atoms with van der Waals surface area (Å²) in [5.74, 6) is -0.381. The Bertz CT molecular complexity index is 1180. The number of benzene rings is 3. The van der Waals surface area contributed by atoms with Gasteiger partial charge in [0, 0.05) is 12.0 Å². The van der Waals surface area contributed by atoms with E-state index in [2.05, 4.69) is 5.32 Å². The van der Waals surface area contributed by atoms with Crippen molar-refractivity contribution < 1.29 is 40.6 Å². The van der Waals surface area contributed by atoms with Crippen LogP contribution >= 0.6 is 0 Å². The Morgan fingerprint density at radius 1 is 0.763 bits per heavy atom. The number of halogens is 6. The molecular formula is C28H25F6NO3. The van der Waals surface area contributed by atoms with Gasteiger partial charge in [-0.3, -0.25) is 0 Å². The fourth-order valence-electron chi connectivity index (χ4n) is 4.66. The Hall–Kier alpha value is -3.53. The zero-order valence-electron chi connectivity index (χ0n) is 20.1. The molecule has 0 radical (unpaired) electrons. The van der Waals surface area contributed by atoms with Crippen molar-refractivity contribution in [2.24, 2.45) is 0 Å². The van der Waals surface area contributed by atoms with Crippen LogP contribution in [-0.4, -0.2) is 18.2 Å². The van der Waals surface area contributed by atoms with Crippen molar-refractivity contribution in [2.45, 2.75) is 56.5 Å². The summed E-state index contributed by atoms with van der Waals surface area (Å²) in [6, 6.07) is 19.2. The summed E-state index contributed by atoms with van der Waals surface area (Å²) in [7, 11) is 0. The number of carbonyl (C=O) groups excluding carboxylic acids is 1. The molecule has 1 aliphatic rings. The maximum Gasteiger partial charge on any atom is 0.416 e. The Morgan fingerprint density at radius 2 is 1.34 bits per heavy atom. The molecule has 0 aliphatic heterocycles. The molecule has 0 heterocycles. The first-order chi connectivity index (χ1) is 18.0. The van der Waals surface area contributed by atoms with Crippen LogP contribution in [0, 0.1) is 0 Å². The number of amides is 1. The largest absolute Gasteiger partial charge is 0.445 e. The van der Waals surface area contributed by atoms with Gasteiger partial charge in [0.15, 0.2) is 0 Å². The molecule has 1 fully saturated rings. The summed E-state index contributed by atoms with van der Waals surface area (Å²) >= 11 is 0. The van der Waals surface area contributed by atoms with E-state index in [1.807, 2.05) is 48.5 Å². The lowest BCUT2D eigenvalue weighted by atomic mass is 9.92. The molecule has 4 rings (SSSR count). The predicted octanol–water partition coefficient (Wildman–Crippen LogP) is 7.48. The summed E-state index contributed by atoms with van der Waals surface area (Å²) in [5, 5.41) is 2.85. The maximum atomic E-state index is 13.2. The Morgan fingerprint density at radius 3 is 1.92 bits per heavy atom. The van der Waals surface area contributed by atoms with Crippen LogP contribution < -0.4 is 5.32 Å². The molecule has 3 aromatic rings. The van der Waals surface area contributed by atoms with E-state index in [0.29, 0.717) is 25.0 Å². The topological polar surface area (TPSA) is 47.6 Å². The maximum absolute atomic E-state index is 13.2. The Labute approximate surface area is 215 Å². The van der Waals surface area contributed by atoms with Crippen molar-refractivity contribution in [3.63, 3.8) is 0 Å². The predicted molar refractivity (Wildman–Crippen MR) is 127 cm³/mol. The Kier molecular flexibility index (Phi) is 8.30. The van der Waals surface area contributed by atoms with Crippen LogP contribution in [0.4, 0.5) is 31.1 Å². The first-order valence-electron chi connectivity index (χ1n) is 11.9. The number of hydrogen-bond acceptors (Lipinski definition) is 3. The first-order valence-corrected chi connectivity index (χ1v) is 11.9. The van der Waals surface area contributed by atoms with Crippen molar-refractivity contribution in [2.75, 3.05) is 0 Å². The lowest BCUT2D eigenvalue weighted by Gasteiger charge is -2.26. The van der Waals surface area contributed by atoms with Gasteiger partial charge in [-0.15, -0.1) is 0 Å². The van der Waals surface area contributed by atoms with Gasteiger partial charge in [0.05, 0.1) is 23.8 Å². The van der Waals surface area contributed by atoms with Gasteiger partial charge in [-0.05, 0) is 47.7 Å². The van der Waals surface area contributed by atoms with E-state index < -0.39 is 48.3 Å². The molecule has 0 unspecified atom stereocenters. The molecule has 0 bridgehead atoms. The lowest BCUT2D eigenvalue weighted by Crippen LogP contribution is -2.39. The molecule has 202 valence electrons. The summed E-state index contributed by atoms with van der Waals surface area (Å²) in [6.07, 6.45) is -10.1. The highest BCUT2D eigenvalue weighted by Crippen LogP contribution is 2.39. The monoisotopic (exact) mass is 537 g/mol. The molecule has 1 N–H and O–H groups in total. The van der Waals surface area contributed by atoms with Crippen LogP contribution in [0.2, 0.25) is 0 Å². The van der Waals surface area contributed by atoms with E-state index in [-0.39, 0.29) is 24.2 Å². The molecule has 3 aromatic carbocycles.